The van der Waals surface area contributed by atoms with E-state index in [0.717, 1.165) is 24.0 Å². The fourth-order valence-corrected chi connectivity index (χ4v) is 4.77. The first-order valence-corrected chi connectivity index (χ1v) is 11.9. The van der Waals surface area contributed by atoms with E-state index in [2.05, 4.69) is 30.6 Å². The van der Waals surface area contributed by atoms with Crippen LogP contribution in [0.4, 0.5) is 27.8 Å². The minimum Gasteiger partial charge on any atom is -0.392 e. The zero-order valence-corrected chi connectivity index (χ0v) is 20.0. The first-order valence-electron chi connectivity index (χ1n) is 11.9. The Hall–Kier alpha value is -4.45. The molecule has 0 radical (unpaired) electrons. The lowest BCUT2D eigenvalue weighted by atomic mass is 9.93. The first kappa shape index (κ1) is 23.0. The Morgan fingerprint density at radius 3 is 2.78 bits per heavy atom. The molecule has 4 aromatic rings. The second-order valence-corrected chi connectivity index (χ2v) is 9.22. The van der Waals surface area contributed by atoms with E-state index in [1.165, 1.54) is 15.6 Å². The molecule has 1 aliphatic carbocycles. The predicted octanol–water partition coefficient (Wildman–Crippen LogP) is 2.70. The first-order chi connectivity index (χ1) is 17.9. The summed E-state index contributed by atoms with van der Waals surface area (Å²) in [6.07, 6.45) is 4.27. The molecular weight excluding hydrogens is 477 g/mol. The van der Waals surface area contributed by atoms with Crippen LogP contribution in [0.3, 0.4) is 0 Å². The molecule has 0 atom stereocenters. The van der Waals surface area contributed by atoms with Crippen molar-refractivity contribution in [1.29, 1.82) is 0 Å². The quantitative estimate of drug-likeness (QED) is 0.363. The molecule has 1 aliphatic heterocycles. The second kappa shape index (κ2) is 8.89. The summed E-state index contributed by atoms with van der Waals surface area (Å²) in [7, 11) is 1.72. The maximum atomic E-state index is 15.1. The topological polar surface area (TPSA) is 148 Å². The van der Waals surface area contributed by atoms with Crippen molar-refractivity contribution in [2.45, 2.75) is 31.8 Å². The lowest BCUT2D eigenvalue weighted by Crippen LogP contribution is -2.39. The monoisotopic (exact) mass is 501 g/mol. The molecule has 11 nitrogen and oxygen atoms in total. The molecule has 6 rings (SSSR count). The third kappa shape index (κ3) is 4.25. The van der Waals surface area contributed by atoms with E-state index in [1.54, 1.807) is 31.4 Å². The van der Waals surface area contributed by atoms with Gasteiger partial charge in [-0.2, -0.15) is 15.0 Å². The van der Waals surface area contributed by atoms with Crippen LogP contribution >= 0.6 is 0 Å². The van der Waals surface area contributed by atoms with Gasteiger partial charge in [-0.25, -0.2) is 4.39 Å². The largest absolute Gasteiger partial charge is 0.392 e. The molecule has 1 fully saturated rings. The van der Waals surface area contributed by atoms with Gasteiger partial charge in [0.05, 0.1) is 24.1 Å². The minimum atomic E-state index is -0.499. The molecule has 3 heterocycles. The molecule has 4 N–H and O–H groups in total. The molecule has 1 saturated carbocycles. The van der Waals surface area contributed by atoms with E-state index in [-0.39, 0.29) is 23.3 Å². The maximum absolute atomic E-state index is 15.1. The number of aliphatic hydroxyl groups excluding tert-OH is 1. The summed E-state index contributed by atoms with van der Waals surface area (Å²) in [5.41, 5.74) is 9.09. The molecule has 12 heteroatoms. The number of amides is 1. The molecule has 37 heavy (non-hydrogen) atoms. The van der Waals surface area contributed by atoms with Gasteiger partial charge in [0.15, 0.2) is 11.6 Å². The van der Waals surface area contributed by atoms with Gasteiger partial charge in [0.1, 0.15) is 5.82 Å². The molecule has 2 aromatic carbocycles. The van der Waals surface area contributed by atoms with Crippen LogP contribution in [0.15, 0.2) is 36.5 Å². The van der Waals surface area contributed by atoms with Crippen molar-refractivity contribution >= 4 is 29.3 Å². The van der Waals surface area contributed by atoms with Crippen molar-refractivity contribution in [2.75, 3.05) is 22.5 Å². The Morgan fingerprint density at radius 1 is 1.22 bits per heavy atom. The van der Waals surface area contributed by atoms with Gasteiger partial charge in [0, 0.05) is 24.7 Å². The van der Waals surface area contributed by atoms with Crippen LogP contribution in [0.25, 0.3) is 11.4 Å². The van der Waals surface area contributed by atoms with Crippen molar-refractivity contribution < 1.29 is 14.3 Å². The Labute approximate surface area is 211 Å². The number of hydrogen-bond acceptors (Lipinski definition) is 9. The van der Waals surface area contributed by atoms with Crippen molar-refractivity contribution in [3.05, 3.63) is 64.6 Å². The van der Waals surface area contributed by atoms with Gasteiger partial charge in [-0.1, -0.05) is 23.4 Å². The van der Waals surface area contributed by atoms with E-state index in [0.29, 0.717) is 41.5 Å². The molecular formula is C25H24FN9O2. The van der Waals surface area contributed by atoms with Gasteiger partial charge in [-0.05, 0) is 48.4 Å². The van der Waals surface area contributed by atoms with E-state index < -0.39 is 18.3 Å². The number of halogens is 1. The van der Waals surface area contributed by atoms with Crippen LogP contribution in [0.5, 0.6) is 0 Å². The molecule has 2 aromatic heterocycles. The van der Waals surface area contributed by atoms with E-state index in [1.807, 2.05) is 6.07 Å². The van der Waals surface area contributed by atoms with Gasteiger partial charge < -0.3 is 21.1 Å². The zero-order valence-electron chi connectivity index (χ0n) is 20.0. The average Bonchev–Trinajstić information content (AvgIpc) is 3.65. The van der Waals surface area contributed by atoms with Crippen LogP contribution in [0.1, 0.15) is 45.8 Å². The lowest BCUT2D eigenvalue weighted by molar-refractivity contribution is 0.0976. The van der Waals surface area contributed by atoms with Gasteiger partial charge in [-0.15, -0.1) is 5.10 Å². The predicted molar refractivity (Wildman–Crippen MR) is 134 cm³/mol. The van der Waals surface area contributed by atoms with Gasteiger partial charge in [0.25, 0.3) is 5.91 Å². The summed E-state index contributed by atoms with van der Waals surface area (Å²) < 4.78 is 16.6. The highest BCUT2D eigenvalue weighted by molar-refractivity contribution is 6.09. The molecule has 188 valence electrons. The number of anilines is 4. The van der Waals surface area contributed by atoms with Crippen LogP contribution in [0, 0.1) is 5.82 Å². The minimum absolute atomic E-state index is 0.0396. The van der Waals surface area contributed by atoms with Crippen LogP contribution in [-0.4, -0.2) is 47.5 Å². The van der Waals surface area contributed by atoms with Gasteiger partial charge in [-0.3, -0.25) is 9.48 Å². The van der Waals surface area contributed by atoms with E-state index >= 15 is 4.39 Å². The zero-order chi connectivity index (χ0) is 25.7. The maximum Gasteiger partial charge on any atom is 0.261 e. The number of aliphatic hydroxyl groups is 1. The summed E-state index contributed by atoms with van der Waals surface area (Å²) in [4.78, 5) is 27.8. The number of fused-ring (bicyclic) bond motifs is 1. The number of carbonyl (C=O) groups is 1. The molecule has 0 saturated heterocycles. The Balaban J connectivity index is 1.37. The van der Waals surface area contributed by atoms with Crippen LogP contribution < -0.4 is 16.0 Å². The van der Waals surface area contributed by atoms with Crippen LogP contribution in [-0.2, 0) is 20.1 Å². The lowest BCUT2D eigenvalue weighted by Gasteiger charge is -2.31. The molecule has 0 bridgehead atoms. The smallest absolute Gasteiger partial charge is 0.261 e. The summed E-state index contributed by atoms with van der Waals surface area (Å²) >= 11 is 0. The Morgan fingerprint density at radius 2 is 2.05 bits per heavy atom. The normalized spacial score (nSPS) is 15.1. The second-order valence-electron chi connectivity index (χ2n) is 9.22. The fourth-order valence-electron chi connectivity index (χ4n) is 4.77. The van der Waals surface area contributed by atoms with E-state index in [4.69, 9.17) is 5.73 Å². The van der Waals surface area contributed by atoms with Crippen molar-refractivity contribution in [1.82, 2.24) is 29.9 Å². The van der Waals surface area contributed by atoms with Crippen molar-refractivity contribution in [2.24, 2.45) is 7.05 Å². The van der Waals surface area contributed by atoms with Gasteiger partial charge >= 0.3 is 0 Å². The number of hydrogen-bond donors (Lipinski definition) is 3. The number of aromatic nitrogens is 6. The Bertz CT molecular complexity index is 1530. The number of rotatable bonds is 6. The SMILES string of the molecule is Cn1cc(Nc2nc(N)nc(-c3cccc(N4CCc5cc(C6CC6)cc(F)c5C4=O)c3CO)n2)nn1. The molecule has 1 amide bonds. The highest BCUT2D eigenvalue weighted by Gasteiger charge is 2.33. The average molecular weight is 502 g/mol. The molecule has 0 unspecified atom stereocenters. The number of carbonyl (C=O) groups excluding carboxylic acids is 1. The summed E-state index contributed by atoms with van der Waals surface area (Å²) in [6, 6.07) is 8.63. The number of aryl methyl sites for hydroxylation is 1. The number of nitrogens with two attached hydrogens (primary N) is 1. The molecule has 2 aliphatic rings. The highest BCUT2D eigenvalue weighted by Crippen LogP contribution is 2.42. The highest BCUT2D eigenvalue weighted by atomic mass is 19.1. The fraction of sp³-hybridized carbons (Fsp3) is 0.280. The third-order valence-corrected chi connectivity index (χ3v) is 6.64. The molecule has 0 spiro atoms. The van der Waals surface area contributed by atoms with Crippen LogP contribution in [0.2, 0.25) is 0 Å². The number of nitrogens with zero attached hydrogens (tertiary/aromatic N) is 7. The summed E-state index contributed by atoms with van der Waals surface area (Å²) in [6.45, 7) is -0.0432. The number of benzene rings is 2. The van der Waals surface area contributed by atoms with E-state index in [9.17, 15) is 9.90 Å². The van der Waals surface area contributed by atoms with Crippen molar-refractivity contribution in [3.8, 4) is 11.4 Å². The Kier molecular flexibility index (Phi) is 5.52. The number of nitrogens with one attached hydrogen (secondary N) is 1. The standard InChI is InChI=1S/C25H24FN9O2/c1-34-11-20(32-33-34)28-25-30-22(29-24(27)31-25)16-3-2-4-19(17(16)12-36)35-8-7-14-9-15(13-5-6-13)10-18(26)21(14)23(35)37/h2-4,9-11,13,36H,5-8,12H2,1H3,(H3,27,28,29,30,31). The van der Waals surface area contributed by atoms with Crippen molar-refractivity contribution in [3.63, 3.8) is 0 Å². The third-order valence-electron chi connectivity index (χ3n) is 6.64. The number of nitrogen functional groups attached to an aromatic ring is 1. The summed E-state index contributed by atoms with van der Waals surface area (Å²) in [5.74, 6) is 0.186. The van der Waals surface area contributed by atoms with Gasteiger partial charge in [0.2, 0.25) is 11.9 Å². The summed E-state index contributed by atoms with van der Waals surface area (Å²) in [5, 5.41) is 21.1.